The van der Waals surface area contributed by atoms with E-state index < -0.39 is 0 Å². The van der Waals surface area contributed by atoms with Crippen LogP contribution in [0.5, 0.6) is 0 Å². The fourth-order valence-corrected chi connectivity index (χ4v) is 1.55. The Morgan fingerprint density at radius 3 is 2.89 bits per heavy atom. The highest BCUT2D eigenvalue weighted by Crippen LogP contribution is 2.10. The lowest BCUT2D eigenvalue weighted by atomic mass is 10.1. The van der Waals surface area contributed by atoms with E-state index in [9.17, 15) is 0 Å². The van der Waals surface area contributed by atoms with Crippen LogP contribution in [0.4, 0.5) is 0 Å². The largest absolute Gasteiger partial charge is 0.253 e. The van der Waals surface area contributed by atoms with Crippen LogP contribution < -0.4 is 0 Å². The third-order valence-corrected chi connectivity index (χ3v) is 1.89. The minimum Gasteiger partial charge on any atom is -0.253 e. The van der Waals surface area contributed by atoms with Crippen LogP contribution in [0.15, 0.2) is 11.7 Å². The van der Waals surface area contributed by atoms with Gasteiger partial charge in [0.1, 0.15) is 0 Å². The van der Waals surface area contributed by atoms with E-state index in [0.29, 0.717) is 0 Å². The van der Waals surface area contributed by atoms with Crippen molar-refractivity contribution in [1.82, 2.24) is 4.98 Å². The minimum absolute atomic E-state index is 0.755. The van der Waals surface area contributed by atoms with Gasteiger partial charge >= 0.3 is 0 Å². The van der Waals surface area contributed by atoms with E-state index in [1.807, 2.05) is 11.7 Å². The van der Waals surface area contributed by atoms with E-state index in [1.165, 1.54) is 11.3 Å². The summed E-state index contributed by atoms with van der Waals surface area (Å²) in [5.74, 6) is 0.755. The maximum absolute atomic E-state index is 3.99. The molecule has 0 unspecified atom stereocenters. The molecule has 0 aliphatic carbocycles. The van der Waals surface area contributed by atoms with E-state index in [1.54, 1.807) is 11.3 Å². The van der Waals surface area contributed by atoms with Gasteiger partial charge in [-0.1, -0.05) is 13.8 Å². The maximum Gasteiger partial charge on any atom is 0.0794 e. The summed E-state index contributed by atoms with van der Waals surface area (Å²) in [5.41, 5.74) is 1.89. The van der Waals surface area contributed by atoms with Crippen molar-refractivity contribution in [3.8, 4) is 0 Å². The van der Waals surface area contributed by atoms with E-state index in [-0.39, 0.29) is 0 Å². The van der Waals surface area contributed by atoms with E-state index in [0.717, 1.165) is 5.92 Å². The van der Waals surface area contributed by atoms with Crippen LogP contribution in [-0.4, -0.2) is 4.98 Å². The second-order valence-electron chi connectivity index (χ2n) is 2.57. The lowest BCUT2D eigenvalue weighted by Crippen LogP contribution is -1.89. The van der Waals surface area contributed by atoms with E-state index in [2.05, 4.69) is 18.8 Å². The first-order valence-corrected chi connectivity index (χ1v) is 4.04. The van der Waals surface area contributed by atoms with Crippen LogP contribution in [0, 0.1) is 5.92 Å². The van der Waals surface area contributed by atoms with Gasteiger partial charge in [0.25, 0.3) is 0 Å². The first kappa shape index (κ1) is 6.75. The second-order valence-corrected chi connectivity index (χ2v) is 3.54. The van der Waals surface area contributed by atoms with Gasteiger partial charge in [0, 0.05) is 11.1 Å². The zero-order valence-electron chi connectivity index (χ0n) is 5.79. The van der Waals surface area contributed by atoms with Gasteiger partial charge in [-0.05, 0) is 12.3 Å². The number of nitrogens with zero attached hydrogens (tertiary/aromatic N) is 1. The summed E-state index contributed by atoms with van der Waals surface area (Å²) in [6.07, 6.45) is 3.12. The molecule has 0 aliphatic rings. The predicted molar refractivity (Wildman–Crippen MR) is 40.7 cm³/mol. The van der Waals surface area contributed by atoms with E-state index in [4.69, 9.17) is 0 Å². The molecule has 0 amide bonds. The Labute approximate surface area is 59.8 Å². The van der Waals surface area contributed by atoms with Gasteiger partial charge in [-0.2, -0.15) is 0 Å². The normalized spacial score (nSPS) is 10.6. The maximum atomic E-state index is 3.99. The highest BCUT2D eigenvalue weighted by Gasteiger charge is 1.96. The van der Waals surface area contributed by atoms with Crippen molar-refractivity contribution >= 4 is 11.3 Å². The molecule has 0 saturated carbocycles. The van der Waals surface area contributed by atoms with E-state index >= 15 is 0 Å². The minimum atomic E-state index is 0.755. The van der Waals surface area contributed by atoms with Crippen LogP contribution in [0.3, 0.4) is 0 Å². The standard InChI is InChI=1S/C7H11NS/c1-6(2)3-7-4-8-5-9-7/h4-6H,3H2,1-2H3. The molecule has 0 saturated heterocycles. The molecular weight excluding hydrogens is 130 g/mol. The topological polar surface area (TPSA) is 12.9 Å². The number of hydrogen-bond donors (Lipinski definition) is 0. The first-order chi connectivity index (χ1) is 4.29. The summed E-state index contributed by atoms with van der Waals surface area (Å²) in [5, 5.41) is 0. The molecular formula is C7H11NS. The third kappa shape index (κ3) is 2.14. The summed E-state index contributed by atoms with van der Waals surface area (Å²) in [4.78, 5) is 5.39. The van der Waals surface area contributed by atoms with Gasteiger partial charge in [-0.15, -0.1) is 11.3 Å². The second kappa shape index (κ2) is 2.97. The van der Waals surface area contributed by atoms with Gasteiger partial charge in [-0.3, -0.25) is 4.98 Å². The van der Waals surface area contributed by atoms with Crippen molar-refractivity contribution in [3.63, 3.8) is 0 Å². The molecule has 0 spiro atoms. The molecule has 0 aromatic carbocycles. The average molecular weight is 141 g/mol. The van der Waals surface area contributed by atoms with Gasteiger partial charge in [0.05, 0.1) is 5.51 Å². The summed E-state index contributed by atoms with van der Waals surface area (Å²) in [6, 6.07) is 0. The van der Waals surface area contributed by atoms with Crippen LogP contribution in [0.2, 0.25) is 0 Å². The van der Waals surface area contributed by atoms with Crippen molar-refractivity contribution in [2.24, 2.45) is 5.92 Å². The van der Waals surface area contributed by atoms with Crippen LogP contribution in [0.25, 0.3) is 0 Å². The Morgan fingerprint density at radius 2 is 2.44 bits per heavy atom. The fourth-order valence-electron chi connectivity index (χ4n) is 0.745. The lowest BCUT2D eigenvalue weighted by molar-refractivity contribution is 0.653. The molecule has 1 rings (SSSR count). The van der Waals surface area contributed by atoms with Crippen LogP contribution in [0.1, 0.15) is 18.7 Å². The molecule has 1 aromatic rings. The van der Waals surface area contributed by atoms with Crippen molar-refractivity contribution in [2.75, 3.05) is 0 Å². The predicted octanol–water partition coefficient (Wildman–Crippen LogP) is 2.34. The molecule has 1 heterocycles. The first-order valence-electron chi connectivity index (χ1n) is 3.16. The number of aromatic nitrogens is 1. The van der Waals surface area contributed by atoms with Crippen molar-refractivity contribution in [3.05, 3.63) is 16.6 Å². The van der Waals surface area contributed by atoms with Gasteiger partial charge in [0.2, 0.25) is 0 Å². The summed E-state index contributed by atoms with van der Waals surface area (Å²) in [7, 11) is 0. The molecule has 0 radical (unpaired) electrons. The molecule has 0 atom stereocenters. The molecule has 2 heteroatoms. The smallest absolute Gasteiger partial charge is 0.0794 e. The zero-order chi connectivity index (χ0) is 6.69. The summed E-state index contributed by atoms with van der Waals surface area (Å²) >= 11 is 1.74. The Bertz CT molecular complexity index is 155. The molecule has 0 aliphatic heterocycles. The van der Waals surface area contributed by atoms with Crippen molar-refractivity contribution in [2.45, 2.75) is 20.3 Å². The van der Waals surface area contributed by atoms with Gasteiger partial charge in [-0.25, -0.2) is 0 Å². The Balaban J connectivity index is 2.48. The van der Waals surface area contributed by atoms with Crippen LogP contribution >= 0.6 is 11.3 Å². The molecule has 9 heavy (non-hydrogen) atoms. The summed E-state index contributed by atoms with van der Waals surface area (Å²) in [6.45, 7) is 4.44. The molecule has 0 fully saturated rings. The Hall–Kier alpha value is -0.370. The molecule has 1 nitrogen and oxygen atoms in total. The van der Waals surface area contributed by atoms with Crippen molar-refractivity contribution in [1.29, 1.82) is 0 Å². The van der Waals surface area contributed by atoms with Gasteiger partial charge < -0.3 is 0 Å². The highest BCUT2D eigenvalue weighted by molar-refractivity contribution is 7.09. The highest BCUT2D eigenvalue weighted by atomic mass is 32.1. The molecule has 1 aromatic heterocycles. The quantitative estimate of drug-likeness (QED) is 0.616. The Morgan fingerprint density at radius 1 is 1.67 bits per heavy atom. The number of thiazole rings is 1. The monoisotopic (exact) mass is 141 g/mol. The van der Waals surface area contributed by atoms with Crippen LogP contribution in [-0.2, 0) is 6.42 Å². The van der Waals surface area contributed by atoms with Crippen molar-refractivity contribution < 1.29 is 0 Å². The zero-order valence-corrected chi connectivity index (χ0v) is 6.61. The molecule has 50 valence electrons. The molecule has 0 bridgehead atoms. The summed E-state index contributed by atoms with van der Waals surface area (Å²) < 4.78 is 0. The lowest BCUT2D eigenvalue weighted by Gasteiger charge is -1.97. The average Bonchev–Trinajstić information content (AvgIpc) is 2.15. The SMILES string of the molecule is CC(C)Cc1cncs1. The number of rotatable bonds is 2. The third-order valence-electron chi connectivity index (χ3n) is 1.09. The molecule has 0 N–H and O–H groups in total. The van der Waals surface area contributed by atoms with Gasteiger partial charge in [0.15, 0.2) is 0 Å². The fraction of sp³-hybridized carbons (Fsp3) is 0.571. The number of hydrogen-bond acceptors (Lipinski definition) is 2. The Kier molecular flexibility index (Phi) is 2.22.